The molecule has 1 N–H and O–H groups in total. The van der Waals surface area contributed by atoms with Gasteiger partial charge in [-0.2, -0.15) is 15.0 Å². The normalized spacial score (nSPS) is 14.1. The molecule has 0 atom stereocenters. The molecule has 0 spiro atoms. The lowest BCUT2D eigenvalue weighted by Gasteiger charge is -2.26. The van der Waals surface area contributed by atoms with Crippen LogP contribution in [0.1, 0.15) is 5.56 Å². The van der Waals surface area contributed by atoms with Gasteiger partial charge in [-0.3, -0.25) is 9.30 Å². The number of aromatic nitrogens is 7. The minimum atomic E-state index is 0.633. The third-order valence-electron chi connectivity index (χ3n) is 6.52. The summed E-state index contributed by atoms with van der Waals surface area (Å²) < 4.78 is 13.4. The van der Waals surface area contributed by atoms with Crippen LogP contribution in [0.5, 0.6) is 5.75 Å². The van der Waals surface area contributed by atoms with Crippen LogP contribution >= 0.6 is 0 Å². The number of anilines is 1. The van der Waals surface area contributed by atoms with E-state index in [4.69, 9.17) is 9.47 Å². The maximum Gasteiger partial charge on any atom is 0.140 e. The number of nitrogens with zero attached hydrogens (tertiary/aromatic N) is 8. The monoisotopic (exact) mass is 511 g/mol. The number of ether oxygens (including phenoxy) is 2. The molecule has 5 heterocycles. The Hall–Kier alpha value is -4.35. The fourth-order valence-electron chi connectivity index (χ4n) is 4.42. The second-order valence-electron chi connectivity index (χ2n) is 9.09. The third kappa shape index (κ3) is 5.48. The molecule has 0 unspecified atom stereocenters. The minimum Gasteiger partial charge on any atom is -0.492 e. The minimum absolute atomic E-state index is 0.633. The topological polar surface area (TPSA) is 108 Å². The van der Waals surface area contributed by atoms with Gasteiger partial charge in [-0.15, -0.1) is 0 Å². The number of pyridine rings is 1. The first-order valence-corrected chi connectivity index (χ1v) is 12.6. The summed E-state index contributed by atoms with van der Waals surface area (Å²) in [5, 5.41) is 11.9. The summed E-state index contributed by atoms with van der Waals surface area (Å²) in [7, 11) is 1.81. The number of imidazole rings is 1. The average molecular weight is 512 g/mol. The number of aryl methyl sites for hydroxylation is 1. The Morgan fingerprint density at radius 1 is 0.974 bits per heavy atom. The molecule has 0 amide bonds. The van der Waals surface area contributed by atoms with Crippen LogP contribution in [0.15, 0.2) is 67.4 Å². The van der Waals surface area contributed by atoms with Crippen LogP contribution < -0.4 is 10.1 Å². The number of rotatable bonds is 9. The summed E-state index contributed by atoms with van der Waals surface area (Å²) in [6.07, 6.45) is 7.12. The van der Waals surface area contributed by atoms with Gasteiger partial charge in [-0.05, 0) is 11.6 Å². The molecule has 1 fully saturated rings. The molecule has 194 valence electrons. The summed E-state index contributed by atoms with van der Waals surface area (Å²) in [5.74, 6) is 1.55. The maximum atomic E-state index is 5.98. The van der Waals surface area contributed by atoms with Crippen molar-refractivity contribution in [3.63, 3.8) is 0 Å². The van der Waals surface area contributed by atoms with Crippen LogP contribution in [0.4, 0.5) is 5.82 Å². The van der Waals surface area contributed by atoms with Crippen molar-refractivity contribution in [2.24, 2.45) is 7.05 Å². The molecule has 5 aromatic rings. The lowest BCUT2D eigenvalue weighted by Crippen LogP contribution is -2.38. The smallest absolute Gasteiger partial charge is 0.140 e. The molecule has 1 aliphatic rings. The van der Waals surface area contributed by atoms with Gasteiger partial charge in [-0.1, -0.05) is 24.3 Å². The predicted octanol–water partition coefficient (Wildman–Crippen LogP) is 2.91. The van der Waals surface area contributed by atoms with Crippen molar-refractivity contribution < 1.29 is 9.47 Å². The Morgan fingerprint density at radius 3 is 2.66 bits per heavy atom. The summed E-state index contributed by atoms with van der Waals surface area (Å²) in [6.45, 7) is 5.65. The van der Waals surface area contributed by atoms with E-state index < -0.39 is 0 Å². The number of hydrogen-bond donors (Lipinski definition) is 1. The summed E-state index contributed by atoms with van der Waals surface area (Å²) >= 11 is 0. The highest BCUT2D eigenvalue weighted by molar-refractivity contribution is 5.63. The van der Waals surface area contributed by atoms with Crippen LogP contribution in [0.2, 0.25) is 0 Å². The second kappa shape index (κ2) is 11.0. The molecule has 0 aliphatic carbocycles. The first-order valence-electron chi connectivity index (χ1n) is 12.6. The van der Waals surface area contributed by atoms with Crippen molar-refractivity contribution in [2.75, 3.05) is 44.8 Å². The maximum absolute atomic E-state index is 5.98. The average Bonchev–Trinajstić information content (AvgIpc) is 3.59. The summed E-state index contributed by atoms with van der Waals surface area (Å²) in [6, 6.07) is 14.1. The first-order chi connectivity index (χ1) is 18.7. The highest BCUT2D eigenvalue weighted by Crippen LogP contribution is 2.23. The zero-order valence-electron chi connectivity index (χ0n) is 21.2. The summed E-state index contributed by atoms with van der Waals surface area (Å²) in [4.78, 5) is 17.4. The van der Waals surface area contributed by atoms with Gasteiger partial charge in [0.2, 0.25) is 0 Å². The molecular formula is C27H29N9O2. The number of morpholine rings is 1. The highest BCUT2D eigenvalue weighted by atomic mass is 16.5. The molecule has 0 bridgehead atoms. The van der Waals surface area contributed by atoms with Gasteiger partial charge in [0.15, 0.2) is 0 Å². The van der Waals surface area contributed by atoms with E-state index in [1.54, 1.807) is 17.3 Å². The summed E-state index contributed by atoms with van der Waals surface area (Å²) in [5.41, 5.74) is 5.50. The van der Waals surface area contributed by atoms with Gasteiger partial charge >= 0.3 is 0 Å². The Labute approximate surface area is 220 Å². The van der Waals surface area contributed by atoms with Crippen LogP contribution in [-0.2, 0) is 18.3 Å². The Balaban J connectivity index is 1.09. The lowest BCUT2D eigenvalue weighted by atomic mass is 10.1. The highest BCUT2D eigenvalue weighted by Gasteiger charge is 2.12. The van der Waals surface area contributed by atoms with Gasteiger partial charge in [0.1, 0.15) is 35.8 Å². The Morgan fingerprint density at radius 2 is 1.84 bits per heavy atom. The zero-order valence-corrected chi connectivity index (χ0v) is 21.2. The molecule has 4 aromatic heterocycles. The van der Waals surface area contributed by atoms with Crippen molar-refractivity contribution in [1.29, 1.82) is 0 Å². The van der Waals surface area contributed by atoms with Gasteiger partial charge < -0.3 is 14.8 Å². The molecule has 11 nitrogen and oxygen atoms in total. The molecule has 1 aliphatic heterocycles. The van der Waals surface area contributed by atoms with E-state index in [-0.39, 0.29) is 0 Å². The van der Waals surface area contributed by atoms with Gasteiger partial charge in [0.25, 0.3) is 0 Å². The van der Waals surface area contributed by atoms with Crippen LogP contribution in [0.3, 0.4) is 0 Å². The first kappa shape index (κ1) is 24.0. The molecule has 0 radical (unpaired) electrons. The van der Waals surface area contributed by atoms with Gasteiger partial charge in [0, 0.05) is 57.1 Å². The number of benzene rings is 1. The lowest BCUT2D eigenvalue weighted by molar-refractivity contribution is 0.0322. The quantitative estimate of drug-likeness (QED) is 0.320. The fraction of sp³-hybridized carbons (Fsp3) is 0.296. The van der Waals surface area contributed by atoms with Crippen molar-refractivity contribution in [3.05, 3.63) is 72.9 Å². The van der Waals surface area contributed by atoms with E-state index in [2.05, 4.69) is 47.5 Å². The van der Waals surface area contributed by atoms with Crippen LogP contribution in [0, 0.1) is 0 Å². The van der Waals surface area contributed by atoms with E-state index in [1.165, 1.54) is 0 Å². The van der Waals surface area contributed by atoms with E-state index in [0.717, 1.165) is 78.3 Å². The van der Waals surface area contributed by atoms with E-state index in [0.29, 0.717) is 13.2 Å². The molecule has 1 aromatic carbocycles. The van der Waals surface area contributed by atoms with Crippen LogP contribution in [0.25, 0.3) is 28.3 Å². The van der Waals surface area contributed by atoms with Gasteiger partial charge in [0.05, 0.1) is 37.0 Å². The molecule has 0 saturated carbocycles. The van der Waals surface area contributed by atoms with Crippen molar-refractivity contribution in [3.8, 4) is 28.4 Å². The van der Waals surface area contributed by atoms with Crippen molar-refractivity contribution in [2.45, 2.75) is 6.54 Å². The van der Waals surface area contributed by atoms with E-state index >= 15 is 0 Å². The number of nitrogens with one attached hydrogen (secondary N) is 1. The zero-order chi connectivity index (χ0) is 25.7. The standard InChI is InChI=1S/C27H29N9O2/c1-34-32-17-24(33-34)21-4-2-20(3-5-21)16-28-26-15-23(30-19-31-26)25-18-29-27-14-22(6-7-36(25)27)38-13-10-35-8-11-37-12-9-35/h2-7,14-15,17-19H,8-13,16H2,1H3,(H,28,30,31). The third-order valence-corrected chi connectivity index (χ3v) is 6.52. The molecule has 38 heavy (non-hydrogen) atoms. The molecular weight excluding hydrogens is 482 g/mol. The molecule has 11 heteroatoms. The Kier molecular flexibility index (Phi) is 6.92. The Bertz CT molecular complexity index is 1510. The van der Waals surface area contributed by atoms with E-state index in [1.807, 2.05) is 54.2 Å². The van der Waals surface area contributed by atoms with Crippen LogP contribution in [-0.4, -0.2) is 78.7 Å². The molecule has 1 saturated heterocycles. The second-order valence-corrected chi connectivity index (χ2v) is 9.09. The van der Waals surface area contributed by atoms with E-state index in [9.17, 15) is 0 Å². The predicted molar refractivity (Wildman–Crippen MR) is 143 cm³/mol. The molecule has 6 rings (SSSR count). The fourth-order valence-corrected chi connectivity index (χ4v) is 4.42. The van der Waals surface area contributed by atoms with Gasteiger partial charge in [-0.25, -0.2) is 15.0 Å². The van der Waals surface area contributed by atoms with Crippen molar-refractivity contribution >= 4 is 11.5 Å². The SMILES string of the molecule is Cn1ncc(-c2ccc(CNc3cc(-c4cnc5cc(OCCN6CCOCC6)ccn45)ncn3)cc2)n1. The number of hydrogen-bond acceptors (Lipinski definition) is 9. The number of fused-ring (bicyclic) bond motifs is 1. The largest absolute Gasteiger partial charge is 0.492 e. The van der Waals surface area contributed by atoms with Crippen molar-refractivity contribution in [1.82, 2.24) is 39.2 Å².